The van der Waals surface area contributed by atoms with Gasteiger partial charge in [0.2, 0.25) is 0 Å². The molecule has 0 aliphatic heterocycles. The third kappa shape index (κ3) is 9.85. The van der Waals surface area contributed by atoms with E-state index in [1.54, 1.807) is 6.08 Å². The van der Waals surface area contributed by atoms with Crippen LogP contribution < -0.4 is 0 Å². The maximum atomic E-state index is 10.7. The van der Waals surface area contributed by atoms with E-state index < -0.39 is 7.82 Å². The monoisotopic (exact) mass is 228 g/mol. The van der Waals surface area contributed by atoms with Gasteiger partial charge in [-0.25, -0.2) is 15.1 Å². The van der Waals surface area contributed by atoms with Crippen LogP contribution in [0.2, 0.25) is 0 Å². The summed E-state index contributed by atoms with van der Waals surface area (Å²) in [5.74, 6) is 0. The summed E-state index contributed by atoms with van der Waals surface area (Å²) in [4.78, 5) is 0. The lowest BCUT2D eigenvalue weighted by Crippen LogP contribution is -1.96. The van der Waals surface area contributed by atoms with Crippen LogP contribution in [0.3, 0.4) is 0 Å². The topological polar surface area (TPSA) is 85.2 Å². The minimum absolute atomic E-state index is 0.0922. The standard InChI is InChI=1S/C4H11O6P.C3H6/c1-2-3-4-8-11(7,9-5)10-6;1-3-2/h5-6H,2-4H2,1H3;3H,1H2,2H3. The van der Waals surface area contributed by atoms with Gasteiger partial charge in [-0.15, -0.1) is 15.9 Å². The first kappa shape index (κ1) is 16.2. The summed E-state index contributed by atoms with van der Waals surface area (Å²) >= 11 is 0. The maximum Gasteiger partial charge on any atom is 0.529 e. The molecule has 6 nitrogen and oxygen atoms in total. The van der Waals surface area contributed by atoms with Gasteiger partial charge in [-0.3, -0.25) is 4.52 Å². The zero-order chi connectivity index (χ0) is 11.4. The van der Waals surface area contributed by atoms with Crippen LogP contribution in [0.5, 0.6) is 0 Å². The van der Waals surface area contributed by atoms with Crippen LogP contribution in [0, 0.1) is 0 Å². The Morgan fingerprint density at radius 2 is 1.86 bits per heavy atom. The highest BCUT2D eigenvalue weighted by atomic mass is 31.2. The molecule has 0 saturated heterocycles. The van der Waals surface area contributed by atoms with Gasteiger partial charge >= 0.3 is 7.82 Å². The molecule has 7 heteroatoms. The number of phosphoric acid groups is 1. The van der Waals surface area contributed by atoms with Gasteiger partial charge in [0.05, 0.1) is 6.61 Å². The maximum absolute atomic E-state index is 10.7. The number of hydrogen-bond acceptors (Lipinski definition) is 6. The number of allylic oxidation sites excluding steroid dienone is 1. The van der Waals surface area contributed by atoms with E-state index in [9.17, 15) is 4.57 Å². The van der Waals surface area contributed by atoms with Crippen molar-refractivity contribution in [3.63, 3.8) is 0 Å². The van der Waals surface area contributed by atoms with E-state index >= 15 is 0 Å². The molecule has 0 bridgehead atoms. The normalized spacial score (nSPS) is 10.3. The average molecular weight is 228 g/mol. The fourth-order valence-corrected chi connectivity index (χ4v) is 0.860. The molecule has 0 atom stereocenters. The molecule has 0 aromatic carbocycles. The molecule has 2 N–H and O–H groups in total. The minimum Gasteiger partial charge on any atom is -0.284 e. The smallest absolute Gasteiger partial charge is 0.284 e. The Balaban J connectivity index is 0. The Bertz CT molecular complexity index is 164. The minimum atomic E-state index is -4.10. The first-order valence-electron chi connectivity index (χ1n) is 4.08. The summed E-state index contributed by atoms with van der Waals surface area (Å²) < 4.78 is 21.6. The molecular formula is C7H17O6P. The second-order valence-electron chi connectivity index (χ2n) is 2.21. The molecule has 0 aromatic heterocycles. The molecule has 0 rings (SSSR count). The van der Waals surface area contributed by atoms with E-state index in [1.807, 2.05) is 13.8 Å². The van der Waals surface area contributed by atoms with Crippen molar-refractivity contribution in [1.82, 2.24) is 0 Å². The van der Waals surface area contributed by atoms with Crippen molar-refractivity contribution in [3.8, 4) is 0 Å². The second kappa shape index (κ2) is 10.8. The number of unbranched alkanes of at least 4 members (excludes halogenated alkanes) is 1. The summed E-state index contributed by atoms with van der Waals surface area (Å²) in [6, 6.07) is 0. The van der Waals surface area contributed by atoms with Gasteiger partial charge in [-0.05, 0) is 13.3 Å². The fourth-order valence-electron chi connectivity index (χ4n) is 0.383. The Hall–Kier alpha value is -0.230. The Morgan fingerprint density at radius 1 is 1.43 bits per heavy atom. The van der Waals surface area contributed by atoms with Crippen molar-refractivity contribution in [2.45, 2.75) is 26.7 Å². The van der Waals surface area contributed by atoms with E-state index in [2.05, 4.69) is 20.5 Å². The van der Waals surface area contributed by atoms with Crippen molar-refractivity contribution < 1.29 is 29.0 Å². The van der Waals surface area contributed by atoms with Gasteiger partial charge in [0, 0.05) is 0 Å². The molecule has 0 spiro atoms. The summed E-state index contributed by atoms with van der Waals surface area (Å²) in [5.41, 5.74) is 0. The van der Waals surface area contributed by atoms with Gasteiger partial charge in [-0.2, -0.15) is 0 Å². The molecule has 0 fully saturated rings. The first-order valence-corrected chi connectivity index (χ1v) is 5.54. The lowest BCUT2D eigenvalue weighted by atomic mass is 10.4. The van der Waals surface area contributed by atoms with E-state index in [0.717, 1.165) is 6.42 Å². The Kier molecular flexibility index (Phi) is 12.6. The molecule has 0 radical (unpaired) electrons. The van der Waals surface area contributed by atoms with Gasteiger partial charge in [0.25, 0.3) is 0 Å². The molecule has 0 saturated carbocycles. The second-order valence-corrected chi connectivity index (χ2v) is 3.68. The van der Waals surface area contributed by atoms with Crippen LogP contribution in [0.25, 0.3) is 0 Å². The van der Waals surface area contributed by atoms with Crippen LogP contribution in [-0.2, 0) is 18.4 Å². The molecule has 14 heavy (non-hydrogen) atoms. The highest BCUT2D eigenvalue weighted by Gasteiger charge is 2.26. The van der Waals surface area contributed by atoms with Crippen LogP contribution >= 0.6 is 7.82 Å². The molecule has 0 amide bonds. The van der Waals surface area contributed by atoms with Crippen LogP contribution in [0.4, 0.5) is 0 Å². The summed E-state index contributed by atoms with van der Waals surface area (Å²) in [6.07, 6.45) is 3.22. The van der Waals surface area contributed by atoms with Gasteiger partial charge < -0.3 is 0 Å². The van der Waals surface area contributed by atoms with Crippen molar-refractivity contribution >= 4 is 7.82 Å². The molecule has 0 heterocycles. The van der Waals surface area contributed by atoms with Crippen molar-refractivity contribution in [1.29, 1.82) is 0 Å². The molecule has 0 aliphatic rings. The van der Waals surface area contributed by atoms with Gasteiger partial charge in [0.1, 0.15) is 0 Å². The van der Waals surface area contributed by atoms with Gasteiger partial charge in [-0.1, -0.05) is 19.4 Å². The molecule has 0 aliphatic carbocycles. The summed E-state index contributed by atoms with van der Waals surface area (Å²) in [6.45, 7) is 7.24. The SMILES string of the molecule is C=CC.CCCCOP(=O)(OO)OO. The summed E-state index contributed by atoms with van der Waals surface area (Å²) in [5, 5.41) is 15.8. The van der Waals surface area contributed by atoms with Gasteiger partial charge in [0.15, 0.2) is 0 Å². The fraction of sp³-hybridized carbons (Fsp3) is 0.714. The molecule has 0 unspecified atom stereocenters. The van der Waals surface area contributed by atoms with E-state index in [0.29, 0.717) is 6.42 Å². The molecule has 86 valence electrons. The van der Waals surface area contributed by atoms with Crippen LogP contribution in [0.15, 0.2) is 12.7 Å². The summed E-state index contributed by atoms with van der Waals surface area (Å²) in [7, 11) is -4.10. The highest BCUT2D eigenvalue weighted by molar-refractivity contribution is 7.48. The quantitative estimate of drug-likeness (QED) is 0.239. The van der Waals surface area contributed by atoms with E-state index in [-0.39, 0.29) is 6.61 Å². The van der Waals surface area contributed by atoms with E-state index in [4.69, 9.17) is 10.5 Å². The molecular weight excluding hydrogens is 211 g/mol. The largest absolute Gasteiger partial charge is 0.529 e. The Labute approximate surface area is 83.6 Å². The van der Waals surface area contributed by atoms with Crippen molar-refractivity contribution in [3.05, 3.63) is 12.7 Å². The van der Waals surface area contributed by atoms with Crippen molar-refractivity contribution in [2.75, 3.05) is 6.61 Å². The van der Waals surface area contributed by atoms with E-state index in [1.165, 1.54) is 0 Å². The number of rotatable bonds is 6. The van der Waals surface area contributed by atoms with Crippen LogP contribution in [-0.4, -0.2) is 17.1 Å². The highest BCUT2D eigenvalue weighted by Crippen LogP contribution is 2.47. The predicted molar refractivity (Wildman–Crippen MR) is 51.8 cm³/mol. The zero-order valence-corrected chi connectivity index (χ0v) is 9.27. The van der Waals surface area contributed by atoms with Crippen molar-refractivity contribution in [2.24, 2.45) is 0 Å². The average Bonchev–Trinajstić information content (AvgIpc) is 2.19. The Morgan fingerprint density at radius 3 is 2.14 bits per heavy atom. The third-order valence-electron chi connectivity index (χ3n) is 0.947. The lowest BCUT2D eigenvalue weighted by Gasteiger charge is -2.08. The predicted octanol–water partition coefficient (Wildman–Crippen LogP) is 3.08. The van der Waals surface area contributed by atoms with Crippen LogP contribution in [0.1, 0.15) is 26.7 Å². The lowest BCUT2D eigenvalue weighted by molar-refractivity contribution is -0.228. The zero-order valence-electron chi connectivity index (χ0n) is 8.38. The number of hydrogen-bond donors (Lipinski definition) is 2. The first-order chi connectivity index (χ1) is 6.60. The molecule has 0 aromatic rings. The third-order valence-corrected chi connectivity index (χ3v) is 1.85.